The van der Waals surface area contributed by atoms with E-state index in [1.54, 1.807) is 17.2 Å². The molecule has 2 aromatic carbocycles. The highest BCUT2D eigenvalue weighted by atomic mass is 16.5. The molecule has 2 aromatic heterocycles. The minimum atomic E-state index is -0.614. The van der Waals surface area contributed by atoms with Crippen LogP contribution in [0, 0.1) is 28.1 Å². The number of pyridine rings is 2. The van der Waals surface area contributed by atoms with E-state index in [0.29, 0.717) is 52.5 Å². The molecule has 1 saturated carbocycles. The van der Waals surface area contributed by atoms with Crippen LogP contribution in [0.4, 0.5) is 11.5 Å². The first-order valence-corrected chi connectivity index (χ1v) is 21.5. The maximum atomic E-state index is 13.2. The summed E-state index contributed by atoms with van der Waals surface area (Å²) < 4.78 is 6.80. The first-order valence-electron chi connectivity index (χ1n) is 21.5. The molecule has 9 rings (SSSR count). The van der Waals surface area contributed by atoms with Crippen LogP contribution >= 0.6 is 0 Å². The molecule has 3 saturated heterocycles. The Balaban J connectivity index is 0.813. The zero-order chi connectivity index (χ0) is 42.8. The van der Waals surface area contributed by atoms with Gasteiger partial charge in [0, 0.05) is 98.4 Å². The molecule has 3 N–H and O–H groups in total. The van der Waals surface area contributed by atoms with Crippen molar-refractivity contribution >= 4 is 46.0 Å². The molecule has 0 spiro atoms. The summed E-state index contributed by atoms with van der Waals surface area (Å²) in [6.45, 7) is 15.5. The monoisotopic (exact) mass is 823 g/mol. The number of carbonyl (C=O) groups is 4. The molecular weight excluding hydrogens is 771 g/mol. The number of carbonyl (C=O) groups excluding carboxylic acids is 4. The molecule has 4 fully saturated rings. The summed E-state index contributed by atoms with van der Waals surface area (Å²) in [4.78, 5) is 68.8. The van der Waals surface area contributed by atoms with Gasteiger partial charge in [0.25, 0.3) is 11.8 Å². The lowest BCUT2D eigenvalue weighted by atomic mass is 9.44. The highest BCUT2D eigenvalue weighted by Crippen LogP contribution is 2.65. The second-order valence-corrected chi connectivity index (χ2v) is 18.6. The van der Waals surface area contributed by atoms with Crippen LogP contribution in [0.25, 0.3) is 10.9 Å². The van der Waals surface area contributed by atoms with Crippen molar-refractivity contribution in [3.63, 3.8) is 0 Å². The number of imide groups is 1. The van der Waals surface area contributed by atoms with E-state index in [0.717, 1.165) is 81.1 Å². The van der Waals surface area contributed by atoms with Crippen LogP contribution in [0.15, 0.2) is 60.8 Å². The largest absolute Gasteiger partial charge is 0.489 e. The lowest BCUT2D eigenvalue weighted by Crippen LogP contribution is -2.64. The molecule has 5 aliphatic rings. The van der Waals surface area contributed by atoms with Gasteiger partial charge in [-0.25, -0.2) is 4.98 Å². The Hall–Kier alpha value is -6.07. The molecule has 0 bridgehead atoms. The third kappa shape index (κ3) is 7.12. The number of piperazine rings is 1. The van der Waals surface area contributed by atoms with E-state index < -0.39 is 28.7 Å². The predicted molar refractivity (Wildman–Crippen MR) is 230 cm³/mol. The fraction of sp³-hybridized carbons (Fsp3) is 0.468. The quantitative estimate of drug-likeness (QED) is 0.217. The topological polar surface area (TPSA) is 178 Å². The van der Waals surface area contributed by atoms with Gasteiger partial charge in [-0.3, -0.25) is 34.4 Å². The fourth-order valence-electron chi connectivity index (χ4n) is 11.3. The number of amides is 4. The number of nitriles is 1. The molecule has 14 nitrogen and oxygen atoms in total. The van der Waals surface area contributed by atoms with Crippen molar-refractivity contribution in [3.05, 3.63) is 88.7 Å². The highest BCUT2D eigenvalue weighted by Gasteiger charge is 2.65. The lowest BCUT2D eigenvalue weighted by Gasteiger charge is -2.63. The van der Waals surface area contributed by atoms with Crippen molar-refractivity contribution in [1.82, 2.24) is 25.1 Å². The van der Waals surface area contributed by atoms with Gasteiger partial charge in [0.15, 0.2) is 0 Å². The zero-order valence-electron chi connectivity index (χ0n) is 35.3. The van der Waals surface area contributed by atoms with Crippen molar-refractivity contribution in [3.8, 4) is 11.8 Å². The summed E-state index contributed by atoms with van der Waals surface area (Å²) in [5.74, 6) is 0.672. The molecule has 61 heavy (non-hydrogen) atoms. The van der Waals surface area contributed by atoms with Crippen LogP contribution in [-0.4, -0.2) is 101 Å². The zero-order valence-corrected chi connectivity index (χ0v) is 35.3. The second kappa shape index (κ2) is 15.4. The maximum Gasteiger partial charge on any atom is 0.255 e. The molecular formula is C47H53N9O5. The van der Waals surface area contributed by atoms with Crippen molar-refractivity contribution in [2.75, 3.05) is 55.6 Å². The second-order valence-electron chi connectivity index (χ2n) is 18.6. The number of anilines is 2. The summed E-state index contributed by atoms with van der Waals surface area (Å²) in [7, 11) is 0. The van der Waals surface area contributed by atoms with Gasteiger partial charge in [-0.2, -0.15) is 5.26 Å². The summed E-state index contributed by atoms with van der Waals surface area (Å²) in [5, 5.41) is 12.8. The van der Waals surface area contributed by atoms with Crippen LogP contribution in [0.5, 0.6) is 5.75 Å². The number of benzene rings is 2. The number of ether oxygens (including phenoxy) is 1. The Labute approximate surface area is 356 Å². The first kappa shape index (κ1) is 40.3. The summed E-state index contributed by atoms with van der Waals surface area (Å²) in [5.41, 5.74) is 10.1. The van der Waals surface area contributed by atoms with E-state index in [1.807, 2.05) is 42.5 Å². The molecule has 14 heteroatoms. The molecule has 0 unspecified atom stereocenters. The Morgan fingerprint density at radius 3 is 2.39 bits per heavy atom. The van der Waals surface area contributed by atoms with Crippen molar-refractivity contribution < 1.29 is 23.9 Å². The maximum absolute atomic E-state index is 13.2. The number of piperidine rings is 2. The van der Waals surface area contributed by atoms with Crippen LogP contribution < -0.4 is 25.6 Å². The average Bonchev–Trinajstić information content (AvgIpc) is 3.57. The van der Waals surface area contributed by atoms with E-state index in [9.17, 15) is 24.4 Å². The van der Waals surface area contributed by atoms with Gasteiger partial charge in [-0.1, -0.05) is 27.7 Å². The number of primary amides is 1. The van der Waals surface area contributed by atoms with Crippen LogP contribution in [0.2, 0.25) is 0 Å². The normalized spacial score (nSPS) is 24.0. The van der Waals surface area contributed by atoms with E-state index >= 15 is 0 Å². The molecule has 4 aliphatic heterocycles. The highest BCUT2D eigenvalue weighted by molar-refractivity contribution is 6.05. The Morgan fingerprint density at radius 2 is 1.69 bits per heavy atom. The number of hydrogen-bond donors (Lipinski definition) is 2. The first-order chi connectivity index (χ1) is 29.2. The van der Waals surface area contributed by atoms with Crippen molar-refractivity contribution in [2.45, 2.75) is 78.0 Å². The minimum absolute atomic E-state index is 0.113. The predicted octanol–water partition coefficient (Wildman–Crippen LogP) is 5.00. The third-order valence-corrected chi connectivity index (χ3v) is 14.1. The third-order valence-electron chi connectivity index (χ3n) is 14.1. The molecule has 316 valence electrons. The number of aromatic nitrogens is 2. The van der Waals surface area contributed by atoms with Gasteiger partial charge < -0.3 is 25.2 Å². The van der Waals surface area contributed by atoms with Gasteiger partial charge in [-0.15, -0.1) is 0 Å². The number of nitrogens with two attached hydrogens (primary N) is 1. The average molecular weight is 824 g/mol. The number of fused-ring (bicyclic) bond motifs is 2. The van der Waals surface area contributed by atoms with Crippen molar-refractivity contribution in [1.29, 1.82) is 5.26 Å². The summed E-state index contributed by atoms with van der Waals surface area (Å²) in [6, 6.07) is 18.8. The van der Waals surface area contributed by atoms with Crippen LogP contribution in [0.3, 0.4) is 0 Å². The fourth-order valence-corrected chi connectivity index (χ4v) is 11.3. The molecule has 6 heterocycles. The molecule has 1 aliphatic carbocycles. The van der Waals surface area contributed by atoms with Crippen LogP contribution in [-0.2, 0) is 16.1 Å². The lowest BCUT2D eigenvalue weighted by molar-refractivity contribution is -0.161. The molecule has 4 aromatic rings. The van der Waals surface area contributed by atoms with E-state index in [1.165, 1.54) is 0 Å². The van der Waals surface area contributed by atoms with E-state index in [-0.39, 0.29) is 30.3 Å². The summed E-state index contributed by atoms with van der Waals surface area (Å²) in [6.07, 6.45) is 4.14. The number of nitrogens with one attached hydrogen (secondary N) is 1. The van der Waals surface area contributed by atoms with Crippen molar-refractivity contribution in [2.24, 2.45) is 22.5 Å². The van der Waals surface area contributed by atoms with Gasteiger partial charge in [0.05, 0.1) is 22.3 Å². The number of nitrogens with zero attached hydrogens (tertiary/aromatic N) is 7. The van der Waals surface area contributed by atoms with Gasteiger partial charge in [0.1, 0.15) is 29.8 Å². The minimum Gasteiger partial charge on any atom is -0.489 e. The Bertz CT molecular complexity index is 2460. The van der Waals surface area contributed by atoms with E-state index in [2.05, 4.69) is 64.8 Å². The van der Waals surface area contributed by atoms with E-state index in [4.69, 9.17) is 15.5 Å². The summed E-state index contributed by atoms with van der Waals surface area (Å²) >= 11 is 0. The smallest absolute Gasteiger partial charge is 0.255 e. The Kier molecular flexibility index (Phi) is 10.2. The molecule has 0 radical (unpaired) electrons. The SMILES string of the molecule is CC1(C)[C@H](Oc2ccc(C#N)c3ncccc23)C(C)(C)[C@H]1c1nc(N2CCC(CN3CCN(c4ccc5c(c4)CN([C@H]4CCC(=O)NC4=O)C5=O)CC3)CC2)ccc1C(N)=O. The standard InChI is InChI=1S/C47H53N9O5/c1-46(2)41(47(3,4)45(46)61-36-12-7-29(25-48)39-33(36)6-5-17-50-39)40-34(42(49)58)10-13-37(51-40)55-18-15-28(16-19-55)26-53-20-22-54(23-21-53)31-8-9-32-30(24-31)27-56(44(32)60)35-11-14-38(57)52-43(35)59/h5-10,12-13,17,24,28,35,41,45H,11,14-16,18-23,26-27H2,1-4H3,(H2,49,58)(H,52,57,59)/t35-,41-,45-/m0/s1. The number of hydrogen-bond acceptors (Lipinski definition) is 11. The molecule has 4 amide bonds. The van der Waals surface area contributed by atoms with Gasteiger partial charge in [0.2, 0.25) is 11.8 Å². The number of rotatable bonds is 9. The van der Waals surface area contributed by atoms with Gasteiger partial charge >= 0.3 is 0 Å². The van der Waals surface area contributed by atoms with Crippen LogP contribution in [0.1, 0.15) is 96.8 Å². The Morgan fingerprint density at radius 1 is 0.934 bits per heavy atom. The molecule has 1 atom stereocenters. The van der Waals surface area contributed by atoms with Gasteiger partial charge in [-0.05, 0) is 85.3 Å².